The van der Waals surface area contributed by atoms with Crippen LogP contribution in [0.4, 0.5) is 5.69 Å². The zero-order valence-electron chi connectivity index (χ0n) is 12.8. The molecule has 2 aromatic carbocycles. The number of amides is 1. The maximum absolute atomic E-state index is 12.1. The molecule has 0 unspecified atom stereocenters. The van der Waals surface area contributed by atoms with E-state index < -0.39 is 5.97 Å². The van der Waals surface area contributed by atoms with Gasteiger partial charge in [0, 0.05) is 5.69 Å². The lowest BCUT2D eigenvalue weighted by atomic mass is 10.2. The molecule has 3 aromatic rings. The molecule has 0 bridgehead atoms. The largest absolute Gasteiger partial charge is 0.459 e. The van der Waals surface area contributed by atoms with Crippen LogP contribution in [0.25, 0.3) is 0 Å². The molecular weight excluding hydrogens is 306 g/mol. The minimum Gasteiger partial charge on any atom is -0.459 e. The van der Waals surface area contributed by atoms with Gasteiger partial charge in [-0.2, -0.15) is 0 Å². The third-order valence-corrected chi connectivity index (χ3v) is 3.31. The first kappa shape index (κ1) is 15.6. The molecular formula is C19H15NO4. The molecule has 1 N–H and O–H groups in total. The monoisotopic (exact) mass is 321 g/mol. The molecule has 0 spiro atoms. The number of benzene rings is 2. The Labute approximate surface area is 138 Å². The molecule has 0 saturated carbocycles. The number of furan rings is 1. The fourth-order valence-corrected chi connectivity index (χ4v) is 2.13. The second-order valence-electron chi connectivity index (χ2n) is 5.07. The van der Waals surface area contributed by atoms with E-state index in [-0.39, 0.29) is 18.3 Å². The van der Waals surface area contributed by atoms with Crippen LogP contribution in [-0.4, -0.2) is 11.9 Å². The van der Waals surface area contributed by atoms with Gasteiger partial charge < -0.3 is 14.5 Å². The number of carbonyl (C=O) groups is 2. The highest BCUT2D eigenvalue weighted by molar-refractivity contribution is 6.03. The van der Waals surface area contributed by atoms with E-state index in [4.69, 9.17) is 9.15 Å². The van der Waals surface area contributed by atoms with Crippen LogP contribution in [0, 0.1) is 0 Å². The van der Waals surface area contributed by atoms with Gasteiger partial charge in [0.05, 0.1) is 11.8 Å². The fraction of sp³-hybridized carbons (Fsp3) is 0.0526. The summed E-state index contributed by atoms with van der Waals surface area (Å²) in [5.41, 5.74) is 1.77. The van der Waals surface area contributed by atoms with Gasteiger partial charge >= 0.3 is 5.97 Å². The van der Waals surface area contributed by atoms with Crippen LogP contribution in [-0.2, 0) is 11.3 Å². The van der Waals surface area contributed by atoms with Crippen molar-refractivity contribution in [3.8, 4) is 0 Å². The first-order valence-corrected chi connectivity index (χ1v) is 7.38. The van der Waals surface area contributed by atoms with Gasteiger partial charge in [0.25, 0.3) is 5.91 Å². The Kier molecular flexibility index (Phi) is 4.72. The summed E-state index contributed by atoms with van der Waals surface area (Å²) >= 11 is 0. The molecule has 5 nitrogen and oxygen atoms in total. The minimum absolute atomic E-state index is 0.197. The third kappa shape index (κ3) is 3.89. The normalized spacial score (nSPS) is 10.2. The first-order chi connectivity index (χ1) is 11.7. The van der Waals surface area contributed by atoms with Crippen molar-refractivity contribution in [1.29, 1.82) is 0 Å². The second-order valence-corrected chi connectivity index (χ2v) is 5.07. The smallest absolute Gasteiger partial charge is 0.338 e. The Morgan fingerprint density at radius 2 is 1.79 bits per heavy atom. The Balaban J connectivity index is 1.64. The van der Waals surface area contributed by atoms with Crippen LogP contribution in [0.15, 0.2) is 77.4 Å². The molecule has 0 fully saturated rings. The predicted molar refractivity (Wildman–Crippen MR) is 88.7 cm³/mol. The van der Waals surface area contributed by atoms with Gasteiger partial charge in [-0.25, -0.2) is 4.79 Å². The van der Waals surface area contributed by atoms with Crippen molar-refractivity contribution in [2.24, 2.45) is 0 Å². The van der Waals surface area contributed by atoms with Gasteiger partial charge in [-0.05, 0) is 35.9 Å². The van der Waals surface area contributed by atoms with Crippen molar-refractivity contribution >= 4 is 17.6 Å². The number of rotatable bonds is 5. The number of hydrogen-bond acceptors (Lipinski definition) is 4. The Morgan fingerprint density at radius 1 is 0.958 bits per heavy atom. The van der Waals surface area contributed by atoms with Gasteiger partial charge in [-0.3, -0.25) is 4.79 Å². The quantitative estimate of drug-likeness (QED) is 0.724. The van der Waals surface area contributed by atoms with E-state index in [9.17, 15) is 9.59 Å². The summed E-state index contributed by atoms with van der Waals surface area (Å²) in [6.07, 6.45) is 1.42. The Morgan fingerprint density at radius 3 is 2.54 bits per heavy atom. The number of hydrogen-bond donors (Lipinski definition) is 1. The van der Waals surface area contributed by atoms with E-state index in [0.29, 0.717) is 11.3 Å². The summed E-state index contributed by atoms with van der Waals surface area (Å²) in [7, 11) is 0. The van der Waals surface area contributed by atoms with Crippen molar-refractivity contribution in [2.75, 3.05) is 5.32 Å². The molecule has 0 radical (unpaired) electrons. The summed E-state index contributed by atoms with van der Waals surface area (Å²) in [6.45, 7) is 0.197. The average molecular weight is 321 g/mol. The molecule has 0 saturated heterocycles. The molecule has 3 rings (SSSR count). The standard InChI is InChI=1S/C19H15NO4/c21-18(17-10-5-11-23-17)20-16-9-4-8-15(12-16)19(22)24-13-14-6-2-1-3-7-14/h1-12H,13H2,(H,20,21). The highest BCUT2D eigenvalue weighted by Gasteiger charge is 2.11. The molecule has 0 aliphatic rings. The lowest BCUT2D eigenvalue weighted by Gasteiger charge is -2.07. The van der Waals surface area contributed by atoms with E-state index in [0.717, 1.165) is 5.56 Å². The van der Waals surface area contributed by atoms with Crippen LogP contribution in [0.1, 0.15) is 26.5 Å². The van der Waals surface area contributed by atoms with E-state index in [2.05, 4.69) is 5.32 Å². The first-order valence-electron chi connectivity index (χ1n) is 7.38. The molecule has 1 amide bonds. The molecule has 24 heavy (non-hydrogen) atoms. The summed E-state index contributed by atoms with van der Waals surface area (Å²) in [6, 6.07) is 19.2. The SMILES string of the molecule is O=C(OCc1ccccc1)c1cccc(NC(=O)c2ccco2)c1. The van der Waals surface area contributed by atoms with Gasteiger partial charge in [-0.15, -0.1) is 0 Å². The Bertz CT molecular complexity index is 826. The lowest BCUT2D eigenvalue weighted by molar-refractivity contribution is 0.0472. The molecule has 1 heterocycles. The number of carbonyl (C=O) groups excluding carboxylic acids is 2. The average Bonchev–Trinajstić information content (AvgIpc) is 3.15. The molecule has 0 atom stereocenters. The molecule has 0 aliphatic heterocycles. The number of esters is 1. The van der Waals surface area contributed by atoms with E-state index >= 15 is 0 Å². The van der Waals surface area contributed by atoms with Crippen LogP contribution in [0.3, 0.4) is 0 Å². The van der Waals surface area contributed by atoms with Crippen LogP contribution in [0.5, 0.6) is 0 Å². The summed E-state index contributed by atoms with van der Waals surface area (Å²) in [5.74, 6) is -0.630. The minimum atomic E-state index is -0.451. The van der Waals surface area contributed by atoms with Crippen LogP contribution < -0.4 is 5.32 Å². The van der Waals surface area contributed by atoms with Crippen molar-refractivity contribution in [3.63, 3.8) is 0 Å². The number of nitrogens with one attached hydrogen (secondary N) is 1. The third-order valence-electron chi connectivity index (χ3n) is 3.31. The van der Waals surface area contributed by atoms with Crippen molar-refractivity contribution in [1.82, 2.24) is 0 Å². The van der Waals surface area contributed by atoms with Crippen LogP contribution >= 0.6 is 0 Å². The van der Waals surface area contributed by atoms with Gasteiger partial charge in [0.1, 0.15) is 6.61 Å². The predicted octanol–water partition coefficient (Wildman–Crippen LogP) is 3.89. The topological polar surface area (TPSA) is 68.5 Å². The van der Waals surface area contributed by atoms with E-state index in [1.807, 2.05) is 30.3 Å². The lowest BCUT2D eigenvalue weighted by Crippen LogP contribution is -2.12. The van der Waals surface area contributed by atoms with E-state index in [1.54, 1.807) is 36.4 Å². The zero-order chi connectivity index (χ0) is 16.8. The van der Waals surface area contributed by atoms with Crippen molar-refractivity contribution in [3.05, 3.63) is 89.9 Å². The van der Waals surface area contributed by atoms with Crippen molar-refractivity contribution in [2.45, 2.75) is 6.61 Å². The maximum Gasteiger partial charge on any atom is 0.338 e. The molecule has 120 valence electrons. The molecule has 0 aliphatic carbocycles. The number of ether oxygens (including phenoxy) is 1. The second kappa shape index (κ2) is 7.28. The highest BCUT2D eigenvalue weighted by Crippen LogP contribution is 2.14. The maximum atomic E-state index is 12.1. The summed E-state index contributed by atoms with van der Waals surface area (Å²) in [4.78, 5) is 24.1. The van der Waals surface area contributed by atoms with E-state index in [1.165, 1.54) is 6.26 Å². The van der Waals surface area contributed by atoms with Crippen molar-refractivity contribution < 1.29 is 18.7 Å². The summed E-state index contributed by atoms with van der Waals surface area (Å²) < 4.78 is 10.3. The fourth-order valence-electron chi connectivity index (χ4n) is 2.13. The van der Waals surface area contributed by atoms with Gasteiger partial charge in [-0.1, -0.05) is 36.4 Å². The number of anilines is 1. The van der Waals surface area contributed by atoms with Gasteiger partial charge in [0.2, 0.25) is 0 Å². The Hall–Kier alpha value is -3.34. The zero-order valence-corrected chi connectivity index (χ0v) is 12.8. The molecule has 1 aromatic heterocycles. The summed E-state index contributed by atoms with van der Waals surface area (Å²) in [5, 5.41) is 2.67. The van der Waals surface area contributed by atoms with Gasteiger partial charge in [0.15, 0.2) is 5.76 Å². The highest BCUT2D eigenvalue weighted by atomic mass is 16.5. The molecule has 5 heteroatoms. The van der Waals surface area contributed by atoms with Crippen LogP contribution in [0.2, 0.25) is 0 Å².